The van der Waals surface area contributed by atoms with E-state index < -0.39 is 6.67 Å². The van der Waals surface area contributed by atoms with Crippen LogP contribution >= 0.6 is 0 Å². The molecule has 1 N–H and O–H groups in total. The quantitative estimate of drug-likeness (QED) is 0.826. The van der Waals surface area contributed by atoms with Crippen LogP contribution in [0, 0.1) is 0 Å². The smallest absolute Gasteiger partial charge is 0.124 e. The molecule has 0 amide bonds. The highest BCUT2D eigenvalue weighted by Gasteiger charge is 2.22. The minimum atomic E-state index is -0.426. The average molecular weight is 209 g/mol. The first-order valence-corrected chi connectivity index (χ1v) is 5.32. The van der Waals surface area contributed by atoms with Gasteiger partial charge in [-0.2, -0.15) is 0 Å². The van der Waals surface area contributed by atoms with Gasteiger partial charge in [-0.05, 0) is 31.0 Å². The van der Waals surface area contributed by atoms with Crippen LogP contribution in [0.4, 0.5) is 4.39 Å². The SMILES string of the molecule is COc1cccc(CF)c1C1CCCN1. The van der Waals surface area contributed by atoms with E-state index in [1.165, 1.54) is 0 Å². The van der Waals surface area contributed by atoms with Gasteiger partial charge < -0.3 is 10.1 Å². The third-order valence-corrected chi connectivity index (χ3v) is 2.93. The van der Waals surface area contributed by atoms with Crippen molar-refractivity contribution in [2.75, 3.05) is 13.7 Å². The second-order valence-electron chi connectivity index (χ2n) is 3.82. The first-order chi connectivity index (χ1) is 7.36. The summed E-state index contributed by atoms with van der Waals surface area (Å²) in [5.41, 5.74) is 1.74. The molecule has 0 bridgehead atoms. The van der Waals surface area contributed by atoms with E-state index in [2.05, 4.69) is 5.32 Å². The van der Waals surface area contributed by atoms with E-state index in [1.54, 1.807) is 7.11 Å². The summed E-state index contributed by atoms with van der Waals surface area (Å²) >= 11 is 0. The van der Waals surface area contributed by atoms with E-state index in [1.807, 2.05) is 18.2 Å². The molecule has 1 unspecified atom stereocenters. The van der Waals surface area contributed by atoms with E-state index in [0.29, 0.717) is 0 Å². The molecule has 0 radical (unpaired) electrons. The maximum absolute atomic E-state index is 12.9. The number of hydrogen-bond acceptors (Lipinski definition) is 2. The van der Waals surface area contributed by atoms with Crippen LogP contribution in [0.2, 0.25) is 0 Å². The van der Waals surface area contributed by atoms with Crippen molar-refractivity contribution < 1.29 is 9.13 Å². The van der Waals surface area contributed by atoms with Crippen LogP contribution < -0.4 is 10.1 Å². The van der Waals surface area contributed by atoms with Gasteiger partial charge >= 0.3 is 0 Å². The molecular formula is C12H16FNO. The molecule has 15 heavy (non-hydrogen) atoms. The maximum Gasteiger partial charge on any atom is 0.124 e. The van der Waals surface area contributed by atoms with E-state index in [0.717, 1.165) is 36.3 Å². The number of rotatable bonds is 3. The second kappa shape index (κ2) is 4.62. The summed E-state index contributed by atoms with van der Waals surface area (Å²) < 4.78 is 18.2. The maximum atomic E-state index is 12.9. The predicted molar refractivity (Wildman–Crippen MR) is 57.8 cm³/mol. The number of ether oxygens (including phenoxy) is 1. The highest BCUT2D eigenvalue weighted by Crippen LogP contribution is 2.33. The molecule has 3 heteroatoms. The largest absolute Gasteiger partial charge is 0.496 e. The standard InChI is InChI=1S/C12H16FNO/c1-15-11-6-2-4-9(8-13)12(11)10-5-3-7-14-10/h2,4,6,10,14H,3,5,7-8H2,1H3. The molecule has 0 saturated carbocycles. The topological polar surface area (TPSA) is 21.3 Å². The summed E-state index contributed by atoms with van der Waals surface area (Å²) in [4.78, 5) is 0. The average Bonchev–Trinajstić information content (AvgIpc) is 2.81. The Kier molecular flexibility index (Phi) is 3.21. The molecular weight excluding hydrogens is 193 g/mol. The molecule has 82 valence electrons. The van der Waals surface area contributed by atoms with Gasteiger partial charge in [-0.3, -0.25) is 0 Å². The summed E-state index contributed by atoms with van der Waals surface area (Å²) in [7, 11) is 1.63. The summed E-state index contributed by atoms with van der Waals surface area (Å²) in [6, 6.07) is 5.82. The van der Waals surface area contributed by atoms with Gasteiger partial charge in [0.25, 0.3) is 0 Å². The number of hydrogen-bond donors (Lipinski definition) is 1. The van der Waals surface area contributed by atoms with Crippen molar-refractivity contribution in [1.29, 1.82) is 0 Å². The van der Waals surface area contributed by atoms with Crippen molar-refractivity contribution in [2.45, 2.75) is 25.6 Å². The minimum absolute atomic E-state index is 0.256. The molecule has 1 saturated heterocycles. The number of nitrogens with one attached hydrogen (secondary N) is 1. The number of halogens is 1. The molecule has 1 fully saturated rings. The summed E-state index contributed by atoms with van der Waals surface area (Å²) in [5, 5.41) is 3.38. The molecule has 0 spiro atoms. The number of alkyl halides is 1. The van der Waals surface area contributed by atoms with E-state index in [9.17, 15) is 4.39 Å². The van der Waals surface area contributed by atoms with Crippen LogP contribution in [0.1, 0.15) is 30.0 Å². The molecule has 1 aromatic rings. The highest BCUT2D eigenvalue weighted by molar-refractivity contribution is 5.42. The van der Waals surface area contributed by atoms with Crippen LogP contribution in [-0.4, -0.2) is 13.7 Å². The highest BCUT2D eigenvalue weighted by atomic mass is 19.1. The van der Waals surface area contributed by atoms with Crippen molar-refractivity contribution in [2.24, 2.45) is 0 Å². The monoisotopic (exact) mass is 209 g/mol. The molecule has 0 aliphatic carbocycles. The molecule has 1 aliphatic heterocycles. The van der Waals surface area contributed by atoms with Crippen molar-refractivity contribution >= 4 is 0 Å². The Hall–Kier alpha value is -1.09. The van der Waals surface area contributed by atoms with Crippen molar-refractivity contribution in [3.8, 4) is 5.75 Å². The molecule has 2 rings (SSSR count). The van der Waals surface area contributed by atoms with Gasteiger partial charge in [0.1, 0.15) is 12.4 Å². The lowest BCUT2D eigenvalue weighted by Gasteiger charge is -2.17. The fourth-order valence-corrected chi connectivity index (χ4v) is 2.21. The Balaban J connectivity index is 2.39. The predicted octanol–water partition coefficient (Wildman–Crippen LogP) is 2.59. The van der Waals surface area contributed by atoms with Crippen LogP contribution in [0.5, 0.6) is 5.75 Å². The molecule has 1 atom stereocenters. The van der Waals surface area contributed by atoms with E-state index in [-0.39, 0.29) is 6.04 Å². The Labute approximate surface area is 89.4 Å². The first-order valence-electron chi connectivity index (χ1n) is 5.32. The normalized spacial score (nSPS) is 20.5. The Morgan fingerprint density at radius 1 is 1.53 bits per heavy atom. The van der Waals surface area contributed by atoms with Gasteiger partial charge in [-0.25, -0.2) is 4.39 Å². The summed E-state index contributed by atoms with van der Waals surface area (Å²) in [6.07, 6.45) is 2.21. The fraction of sp³-hybridized carbons (Fsp3) is 0.500. The third kappa shape index (κ3) is 1.97. The lowest BCUT2D eigenvalue weighted by atomic mass is 9.98. The second-order valence-corrected chi connectivity index (χ2v) is 3.82. The zero-order valence-corrected chi connectivity index (χ0v) is 8.92. The van der Waals surface area contributed by atoms with E-state index >= 15 is 0 Å². The van der Waals surface area contributed by atoms with Crippen molar-refractivity contribution in [3.05, 3.63) is 29.3 Å². The van der Waals surface area contributed by atoms with Crippen molar-refractivity contribution in [1.82, 2.24) is 5.32 Å². The number of benzene rings is 1. The molecule has 2 nitrogen and oxygen atoms in total. The van der Waals surface area contributed by atoms with E-state index in [4.69, 9.17) is 4.74 Å². The van der Waals surface area contributed by atoms with Gasteiger partial charge in [-0.1, -0.05) is 12.1 Å². The van der Waals surface area contributed by atoms with Crippen LogP contribution in [0.25, 0.3) is 0 Å². The zero-order valence-electron chi connectivity index (χ0n) is 8.92. The Bertz CT molecular complexity index is 312. The van der Waals surface area contributed by atoms with Crippen LogP contribution in [0.15, 0.2) is 18.2 Å². The number of methoxy groups -OCH3 is 1. The Morgan fingerprint density at radius 2 is 2.40 bits per heavy atom. The lowest BCUT2D eigenvalue weighted by molar-refractivity contribution is 0.398. The molecule has 0 aromatic heterocycles. The summed E-state index contributed by atoms with van der Waals surface area (Å²) in [6.45, 7) is 0.582. The molecule has 1 heterocycles. The van der Waals surface area contributed by atoms with Gasteiger partial charge in [0.05, 0.1) is 7.11 Å². The molecule has 1 aromatic carbocycles. The van der Waals surface area contributed by atoms with Crippen LogP contribution in [0.3, 0.4) is 0 Å². The minimum Gasteiger partial charge on any atom is -0.496 e. The molecule has 1 aliphatic rings. The van der Waals surface area contributed by atoms with Crippen LogP contribution in [-0.2, 0) is 6.67 Å². The van der Waals surface area contributed by atoms with Gasteiger partial charge in [-0.15, -0.1) is 0 Å². The first kappa shape index (κ1) is 10.4. The van der Waals surface area contributed by atoms with Gasteiger partial charge in [0, 0.05) is 11.6 Å². The fourth-order valence-electron chi connectivity index (χ4n) is 2.21. The van der Waals surface area contributed by atoms with Gasteiger partial charge in [0.15, 0.2) is 0 Å². The zero-order chi connectivity index (χ0) is 10.7. The van der Waals surface area contributed by atoms with Gasteiger partial charge in [0.2, 0.25) is 0 Å². The summed E-state index contributed by atoms with van der Waals surface area (Å²) in [5.74, 6) is 0.796. The lowest BCUT2D eigenvalue weighted by Crippen LogP contribution is -2.15. The Morgan fingerprint density at radius 3 is 3.00 bits per heavy atom. The van der Waals surface area contributed by atoms with Crippen molar-refractivity contribution in [3.63, 3.8) is 0 Å². The third-order valence-electron chi connectivity index (χ3n) is 2.93.